The Bertz CT molecular complexity index is 371. The van der Waals surface area contributed by atoms with Gasteiger partial charge in [-0.1, -0.05) is 11.2 Å². The van der Waals surface area contributed by atoms with E-state index in [1.807, 2.05) is 0 Å². The molecule has 1 heterocycles. The molecule has 0 aromatic rings. The molecule has 3 atom stereocenters. The van der Waals surface area contributed by atoms with Gasteiger partial charge in [0.05, 0.1) is 6.04 Å². The Balaban J connectivity index is 2.30. The molecular weight excluding hydrogens is 198 g/mol. The third kappa shape index (κ3) is 1.74. The highest BCUT2D eigenvalue weighted by Crippen LogP contribution is 2.34. The van der Waals surface area contributed by atoms with Gasteiger partial charge in [0.15, 0.2) is 11.6 Å². The van der Waals surface area contributed by atoms with Crippen LogP contribution in [-0.4, -0.2) is 29.8 Å². The summed E-state index contributed by atoms with van der Waals surface area (Å²) in [7, 11) is 0. The zero-order valence-electron chi connectivity index (χ0n) is 8.45. The first-order valence-corrected chi connectivity index (χ1v) is 4.65. The zero-order chi connectivity index (χ0) is 11.1. The second-order valence-corrected chi connectivity index (χ2v) is 3.98. The quantitative estimate of drug-likeness (QED) is 0.371. The average molecular weight is 209 g/mol. The highest BCUT2D eigenvalue weighted by Gasteiger charge is 2.48. The van der Waals surface area contributed by atoms with Crippen LogP contribution >= 0.6 is 0 Å². The molecule has 1 aliphatic carbocycles. The summed E-state index contributed by atoms with van der Waals surface area (Å²) in [5.41, 5.74) is 8.38. The topological polar surface area (TPSA) is 84.3 Å². The lowest BCUT2D eigenvalue weighted by molar-refractivity contribution is -0.152. The Morgan fingerprint density at radius 1 is 1.53 bits per heavy atom. The number of ether oxygens (including phenoxy) is 2. The summed E-state index contributed by atoms with van der Waals surface area (Å²) < 4.78 is 11.0. The highest BCUT2D eigenvalue weighted by atomic mass is 16.8. The number of fused-ring (bicyclic) bond motifs is 1. The molecule has 0 amide bonds. The minimum absolute atomic E-state index is 0.144. The number of azide groups is 1. The maximum Gasteiger partial charge on any atom is 0.186 e. The number of hydrogen-bond donors (Lipinski definition) is 0. The Morgan fingerprint density at radius 2 is 2.27 bits per heavy atom. The summed E-state index contributed by atoms with van der Waals surface area (Å²) in [6.45, 7) is 3.46. The Kier molecular flexibility index (Phi) is 2.26. The van der Waals surface area contributed by atoms with E-state index in [9.17, 15) is 4.79 Å². The van der Waals surface area contributed by atoms with Crippen LogP contribution in [0.2, 0.25) is 0 Å². The fourth-order valence-electron chi connectivity index (χ4n) is 1.82. The summed E-state index contributed by atoms with van der Waals surface area (Å²) in [6.07, 6.45) is 1.77. The predicted octanol–water partition coefficient (Wildman–Crippen LogP) is 1.32. The lowest BCUT2D eigenvalue weighted by Crippen LogP contribution is -2.40. The maximum absolute atomic E-state index is 11.5. The molecule has 6 heteroatoms. The average Bonchev–Trinajstić information content (AvgIpc) is 2.47. The molecule has 6 nitrogen and oxygen atoms in total. The van der Waals surface area contributed by atoms with Gasteiger partial charge in [0.25, 0.3) is 0 Å². The van der Waals surface area contributed by atoms with Crippen LogP contribution in [0.1, 0.15) is 13.8 Å². The molecule has 0 radical (unpaired) electrons. The monoisotopic (exact) mass is 209 g/mol. The summed E-state index contributed by atoms with van der Waals surface area (Å²) >= 11 is 0. The molecule has 15 heavy (non-hydrogen) atoms. The van der Waals surface area contributed by atoms with Crippen molar-refractivity contribution in [2.75, 3.05) is 0 Å². The predicted molar refractivity (Wildman–Crippen MR) is 50.9 cm³/mol. The van der Waals surface area contributed by atoms with Gasteiger partial charge >= 0.3 is 0 Å². The third-order valence-corrected chi connectivity index (χ3v) is 2.39. The zero-order valence-corrected chi connectivity index (χ0v) is 8.45. The van der Waals surface area contributed by atoms with Gasteiger partial charge in [0.2, 0.25) is 0 Å². The van der Waals surface area contributed by atoms with E-state index in [4.69, 9.17) is 15.0 Å². The first-order valence-electron chi connectivity index (χ1n) is 4.65. The molecule has 0 unspecified atom stereocenters. The van der Waals surface area contributed by atoms with Crippen molar-refractivity contribution in [1.82, 2.24) is 0 Å². The van der Waals surface area contributed by atoms with Crippen molar-refractivity contribution in [3.63, 3.8) is 0 Å². The molecule has 2 rings (SSSR count). The molecule has 1 aliphatic heterocycles. The van der Waals surface area contributed by atoms with E-state index in [0.717, 1.165) is 0 Å². The van der Waals surface area contributed by atoms with E-state index < -0.39 is 24.0 Å². The number of nitrogens with zero attached hydrogens (tertiary/aromatic N) is 3. The van der Waals surface area contributed by atoms with Gasteiger partial charge in [-0.05, 0) is 25.5 Å². The molecule has 0 aromatic carbocycles. The molecule has 1 fully saturated rings. The molecule has 0 spiro atoms. The molecule has 1 saturated heterocycles. The lowest BCUT2D eigenvalue weighted by atomic mass is 9.96. The fraction of sp³-hybridized carbons (Fsp3) is 0.667. The summed E-state index contributed by atoms with van der Waals surface area (Å²) in [6, 6.07) is -0.473. The second-order valence-electron chi connectivity index (χ2n) is 3.98. The number of hydrogen-bond acceptors (Lipinski definition) is 4. The van der Waals surface area contributed by atoms with Gasteiger partial charge in [-0.25, -0.2) is 0 Å². The van der Waals surface area contributed by atoms with Gasteiger partial charge in [0.1, 0.15) is 12.2 Å². The first-order chi connectivity index (χ1) is 7.03. The minimum atomic E-state index is -0.805. The SMILES string of the molecule is CC1(C)O[C@@H]2[C@H](O1)C(=O)C=C[C@H]2N=[N+]=[N-]. The summed E-state index contributed by atoms with van der Waals surface area (Å²) in [5, 5.41) is 3.56. The Morgan fingerprint density at radius 3 is 2.93 bits per heavy atom. The van der Waals surface area contributed by atoms with E-state index in [0.29, 0.717) is 0 Å². The third-order valence-electron chi connectivity index (χ3n) is 2.39. The number of carbonyl (C=O) groups excluding carboxylic acids is 1. The van der Waals surface area contributed by atoms with Crippen molar-refractivity contribution in [2.24, 2.45) is 5.11 Å². The van der Waals surface area contributed by atoms with Gasteiger partial charge in [0, 0.05) is 4.91 Å². The van der Waals surface area contributed by atoms with Crippen LogP contribution in [0.5, 0.6) is 0 Å². The standard InChI is InChI=1S/C9H11N3O3/c1-9(2)14-7-5(11-12-10)3-4-6(13)8(7)15-9/h3-5,7-8H,1-2H3/t5-,7+,8-/m1/s1. The van der Waals surface area contributed by atoms with Crippen molar-refractivity contribution in [1.29, 1.82) is 0 Å². The van der Waals surface area contributed by atoms with Crippen LogP contribution in [0.4, 0.5) is 0 Å². The molecule has 0 bridgehead atoms. The van der Waals surface area contributed by atoms with Crippen molar-refractivity contribution in [2.45, 2.75) is 37.9 Å². The van der Waals surface area contributed by atoms with Crippen LogP contribution in [0.25, 0.3) is 10.4 Å². The highest BCUT2D eigenvalue weighted by molar-refractivity contribution is 5.95. The number of carbonyl (C=O) groups is 1. The Labute approximate surface area is 86.5 Å². The van der Waals surface area contributed by atoms with Gasteiger partial charge in [-0.15, -0.1) is 0 Å². The molecule has 0 saturated carbocycles. The lowest BCUT2D eigenvalue weighted by Gasteiger charge is -2.22. The van der Waals surface area contributed by atoms with Crippen LogP contribution in [0.3, 0.4) is 0 Å². The van der Waals surface area contributed by atoms with Gasteiger partial charge in [-0.2, -0.15) is 0 Å². The number of ketones is 1. The Hall–Kier alpha value is -1.36. The first kappa shape index (κ1) is 10.2. The molecule has 0 N–H and O–H groups in total. The molecule has 80 valence electrons. The van der Waals surface area contributed by atoms with Gasteiger partial charge in [-0.3, -0.25) is 4.79 Å². The van der Waals surface area contributed by atoms with Crippen LogP contribution < -0.4 is 0 Å². The van der Waals surface area contributed by atoms with E-state index in [1.165, 1.54) is 6.08 Å². The molecule has 2 aliphatic rings. The van der Waals surface area contributed by atoms with Crippen molar-refractivity contribution >= 4 is 5.78 Å². The van der Waals surface area contributed by atoms with E-state index >= 15 is 0 Å². The van der Waals surface area contributed by atoms with Crippen molar-refractivity contribution < 1.29 is 14.3 Å². The minimum Gasteiger partial charge on any atom is -0.343 e. The van der Waals surface area contributed by atoms with Crippen LogP contribution in [-0.2, 0) is 14.3 Å². The van der Waals surface area contributed by atoms with E-state index in [-0.39, 0.29) is 5.78 Å². The largest absolute Gasteiger partial charge is 0.343 e. The normalized spacial score (nSPS) is 37.2. The number of rotatable bonds is 1. The molecular formula is C9H11N3O3. The van der Waals surface area contributed by atoms with Crippen molar-refractivity contribution in [3.05, 3.63) is 22.6 Å². The fourth-order valence-corrected chi connectivity index (χ4v) is 1.82. The maximum atomic E-state index is 11.5. The summed E-state index contributed by atoms with van der Waals surface area (Å²) in [5.74, 6) is -0.949. The summed E-state index contributed by atoms with van der Waals surface area (Å²) in [4.78, 5) is 14.2. The second kappa shape index (κ2) is 3.34. The van der Waals surface area contributed by atoms with E-state index in [1.54, 1.807) is 19.9 Å². The van der Waals surface area contributed by atoms with Gasteiger partial charge < -0.3 is 9.47 Å². The van der Waals surface area contributed by atoms with Crippen molar-refractivity contribution in [3.8, 4) is 0 Å². The van der Waals surface area contributed by atoms with Crippen LogP contribution in [0, 0.1) is 0 Å². The van der Waals surface area contributed by atoms with E-state index in [2.05, 4.69) is 10.0 Å². The van der Waals surface area contributed by atoms with Crippen LogP contribution in [0.15, 0.2) is 17.3 Å². The molecule has 0 aromatic heterocycles. The smallest absolute Gasteiger partial charge is 0.186 e.